The molecule has 0 saturated carbocycles. The van der Waals surface area contributed by atoms with Crippen LogP contribution in [0.25, 0.3) is 0 Å². The average Bonchev–Trinajstić information content (AvgIpc) is 2.87. The summed E-state index contributed by atoms with van der Waals surface area (Å²) in [5, 5.41) is 5.81. The summed E-state index contributed by atoms with van der Waals surface area (Å²) in [6, 6.07) is 24.9. The van der Waals surface area contributed by atoms with Crippen molar-refractivity contribution in [3.05, 3.63) is 114 Å². The maximum Gasteiger partial charge on any atom is 0.321 e. The Bertz CT molecular complexity index is 1250. The van der Waals surface area contributed by atoms with Gasteiger partial charge < -0.3 is 15.4 Å². The molecule has 7 heteroatoms. The van der Waals surface area contributed by atoms with Crippen molar-refractivity contribution in [2.75, 3.05) is 5.32 Å². The summed E-state index contributed by atoms with van der Waals surface area (Å²) in [7, 11) is 0. The summed E-state index contributed by atoms with van der Waals surface area (Å²) in [4.78, 5) is 34.1. The summed E-state index contributed by atoms with van der Waals surface area (Å²) in [6.07, 6.45) is 3.55. The average molecular weight is 453 g/mol. The molecule has 1 aromatic heterocycles. The molecule has 7 nitrogen and oxygen atoms in total. The van der Waals surface area contributed by atoms with Crippen molar-refractivity contribution in [1.82, 2.24) is 15.3 Å². The Morgan fingerprint density at radius 1 is 0.882 bits per heavy atom. The number of aromatic nitrogens is 2. The number of nitrogens with one attached hydrogen (secondary N) is 2. The van der Waals surface area contributed by atoms with E-state index in [0.29, 0.717) is 23.4 Å². The number of aryl methyl sites for hydroxylation is 1. The number of amides is 2. The lowest BCUT2D eigenvalue weighted by Gasteiger charge is -2.20. The Morgan fingerprint density at radius 2 is 1.56 bits per heavy atom. The number of benzene rings is 3. The predicted molar refractivity (Wildman–Crippen MR) is 130 cm³/mol. The molecular weight excluding hydrogens is 428 g/mol. The third-order valence-corrected chi connectivity index (χ3v) is 5.15. The number of ether oxygens (including phenoxy) is 1. The van der Waals surface area contributed by atoms with Crippen LogP contribution in [0.15, 0.2) is 97.3 Å². The van der Waals surface area contributed by atoms with Crippen LogP contribution < -0.4 is 15.4 Å². The van der Waals surface area contributed by atoms with Gasteiger partial charge in [-0.2, -0.15) is 0 Å². The van der Waals surface area contributed by atoms with Crippen LogP contribution in [0, 0.1) is 6.92 Å². The topological polar surface area (TPSA) is 93.2 Å². The summed E-state index contributed by atoms with van der Waals surface area (Å²) in [6.45, 7) is 1.86. The lowest BCUT2D eigenvalue weighted by molar-refractivity contribution is -0.118. The molecule has 0 aliphatic carbocycles. The molecule has 1 heterocycles. The number of hydrogen-bond donors (Lipinski definition) is 2. The highest BCUT2D eigenvalue weighted by molar-refractivity contribution is 6.01. The molecule has 0 saturated heterocycles. The molecule has 4 aromatic rings. The van der Waals surface area contributed by atoms with Crippen molar-refractivity contribution < 1.29 is 14.3 Å². The Hall–Kier alpha value is -4.52. The van der Waals surface area contributed by atoms with Crippen LogP contribution in [0.2, 0.25) is 0 Å². The maximum atomic E-state index is 13.2. The molecule has 0 aliphatic heterocycles. The largest absolute Gasteiger partial charge is 0.424 e. The minimum atomic E-state index is -0.761. The highest BCUT2D eigenvalue weighted by Crippen LogP contribution is 2.24. The summed E-state index contributed by atoms with van der Waals surface area (Å²) < 4.78 is 5.66. The highest BCUT2D eigenvalue weighted by Gasteiger charge is 2.22. The molecule has 34 heavy (non-hydrogen) atoms. The first kappa shape index (κ1) is 22.7. The van der Waals surface area contributed by atoms with E-state index >= 15 is 0 Å². The molecule has 2 N–H and O–H groups in total. The van der Waals surface area contributed by atoms with Crippen molar-refractivity contribution in [2.24, 2.45) is 0 Å². The first-order chi connectivity index (χ1) is 16.6. The molecule has 170 valence electrons. The second-order valence-electron chi connectivity index (χ2n) is 7.68. The molecule has 0 aliphatic rings. The first-order valence-electron chi connectivity index (χ1n) is 10.8. The summed E-state index contributed by atoms with van der Waals surface area (Å²) in [5.74, 6) is -0.0591. The number of anilines is 1. The van der Waals surface area contributed by atoms with Crippen LogP contribution in [0.5, 0.6) is 11.8 Å². The number of nitrogens with zero attached hydrogens (tertiary/aromatic N) is 2. The van der Waals surface area contributed by atoms with E-state index in [4.69, 9.17) is 4.74 Å². The molecule has 1 atom stereocenters. The Balaban J connectivity index is 1.49. The highest BCUT2D eigenvalue weighted by atomic mass is 16.5. The maximum absolute atomic E-state index is 13.2. The monoisotopic (exact) mass is 452 g/mol. The Morgan fingerprint density at radius 3 is 2.24 bits per heavy atom. The Labute approximate surface area is 197 Å². The second-order valence-corrected chi connectivity index (χ2v) is 7.68. The molecule has 2 amide bonds. The molecule has 1 unspecified atom stereocenters. The number of hydrogen-bond acceptors (Lipinski definition) is 5. The van der Waals surface area contributed by atoms with Crippen LogP contribution in [0.3, 0.4) is 0 Å². The van der Waals surface area contributed by atoms with Gasteiger partial charge in [-0.25, -0.2) is 9.97 Å². The van der Waals surface area contributed by atoms with Gasteiger partial charge in [0.25, 0.3) is 5.91 Å². The van der Waals surface area contributed by atoms with Gasteiger partial charge in [0, 0.05) is 30.1 Å². The normalized spacial score (nSPS) is 11.3. The third kappa shape index (κ3) is 6.04. The molecule has 0 fully saturated rings. The minimum absolute atomic E-state index is 0.241. The standard InChI is InChI=1S/C27H24N4O3/c1-19-17-22(34-27-28-15-8-16-29-27)13-14-23(19)30-26(33)24(18-20-9-4-2-5-10-20)31-25(32)21-11-6-3-7-12-21/h2-17,24H,18H2,1H3,(H,30,33)(H,31,32). The molecule has 0 bridgehead atoms. The van der Waals surface area contributed by atoms with Gasteiger partial charge in [0.15, 0.2) is 0 Å². The van der Waals surface area contributed by atoms with E-state index in [2.05, 4.69) is 20.6 Å². The van der Waals surface area contributed by atoms with Gasteiger partial charge >= 0.3 is 6.01 Å². The quantitative estimate of drug-likeness (QED) is 0.409. The van der Waals surface area contributed by atoms with E-state index in [1.54, 1.807) is 60.9 Å². The van der Waals surface area contributed by atoms with Crippen molar-refractivity contribution in [3.8, 4) is 11.8 Å². The van der Waals surface area contributed by atoms with Crippen molar-refractivity contribution in [1.29, 1.82) is 0 Å². The van der Waals surface area contributed by atoms with Gasteiger partial charge in [-0.15, -0.1) is 0 Å². The fourth-order valence-electron chi connectivity index (χ4n) is 3.39. The van der Waals surface area contributed by atoms with Crippen LogP contribution in [-0.2, 0) is 11.2 Å². The van der Waals surface area contributed by atoms with E-state index in [1.165, 1.54) is 0 Å². The minimum Gasteiger partial charge on any atom is -0.424 e. The van der Waals surface area contributed by atoms with Crippen molar-refractivity contribution >= 4 is 17.5 Å². The number of carbonyl (C=O) groups is 2. The molecular formula is C27H24N4O3. The van der Waals surface area contributed by atoms with Crippen LogP contribution in [0.4, 0.5) is 5.69 Å². The Kier molecular flexibility index (Phi) is 7.25. The van der Waals surface area contributed by atoms with Gasteiger partial charge in [0.05, 0.1) is 0 Å². The zero-order valence-corrected chi connectivity index (χ0v) is 18.6. The summed E-state index contributed by atoms with van der Waals surface area (Å²) in [5.41, 5.74) is 2.86. The van der Waals surface area contributed by atoms with E-state index in [9.17, 15) is 9.59 Å². The van der Waals surface area contributed by atoms with Crippen LogP contribution in [-0.4, -0.2) is 27.8 Å². The smallest absolute Gasteiger partial charge is 0.321 e. The molecule has 0 radical (unpaired) electrons. The zero-order chi connectivity index (χ0) is 23.8. The lowest BCUT2D eigenvalue weighted by Crippen LogP contribution is -2.45. The van der Waals surface area contributed by atoms with E-state index in [1.807, 2.05) is 43.3 Å². The van der Waals surface area contributed by atoms with Crippen LogP contribution in [0.1, 0.15) is 21.5 Å². The van der Waals surface area contributed by atoms with Gasteiger partial charge in [0.2, 0.25) is 5.91 Å². The zero-order valence-electron chi connectivity index (χ0n) is 18.6. The second kappa shape index (κ2) is 10.9. The SMILES string of the molecule is Cc1cc(Oc2ncccn2)ccc1NC(=O)C(Cc1ccccc1)NC(=O)c1ccccc1. The van der Waals surface area contributed by atoms with Gasteiger partial charge in [-0.1, -0.05) is 48.5 Å². The van der Waals surface area contributed by atoms with E-state index < -0.39 is 6.04 Å². The predicted octanol–water partition coefficient (Wildman–Crippen LogP) is 4.56. The molecule has 4 rings (SSSR count). The van der Waals surface area contributed by atoms with E-state index in [-0.39, 0.29) is 17.8 Å². The van der Waals surface area contributed by atoms with Crippen molar-refractivity contribution in [2.45, 2.75) is 19.4 Å². The van der Waals surface area contributed by atoms with Gasteiger partial charge in [-0.05, 0) is 54.4 Å². The van der Waals surface area contributed by atoms with Gasteiger partial charge in [0.1, 0.15) is 11.8 Å². The van der Waals surface area contributed by atoms with Gasteiger partial charge in [-0.3, -0.25) is 9.59 Å². The lowest BCUT2D eigenvalue weighted by atomic mass is 10.0. The van der Waals surface area contributed by atoms with Crippen LogP contribution >= 0.6 is 0 Å². The first-order valence-corrected chi connectivity index (χ1v) is 10.8. The molecule has 3 aromatic carbocycles. The molecule has 0 spiro atoms. The summed E-state index contributed by atoms with van der Waals surface area (Å²) >= 11 is 0. The van der Waals surface area contributed by atoms with Crippen molar-refractivity contribution in [3.63, 3.8) is 0 Å². The number of carbonyl (C=O) groups excluding carboxylic acids is 2. The fraction of sp³-hybridized carbons (Fsp3) is 0.111. The number of rotatable bonds is 8. The van der Waals surface area contributed by atoms with E-state index in [0.717, 1.165) is 11.1 Å². The third-order valence-electron chi connectivity index (χ3n) is 5.15. The fourth-order valence-corrected chi connectivity index (χ4v) is 3.39.